The predicted molar refractivity (Wildman–Crippen MR) is 136 cm³/mol. The number of hydroxylamine groups is 1. The van der Waals surface area contributed by atoms with Gasteiger partial charge in [0.15, 0.2) is 0 Å². The first kappa shape index (κ1) is 36.6. The molecule has 0 atom stereocenters. The first-order chi connectivity index (χ1) is 15.7. The fourth-order valence-corrected chi connectivity index (χ4v) is 2.62. The Kier molecular flexibility index (Phi) is 34.3. The van der Waals surface area contributed by atoms with Crippen LogP contribution < -0.4 is 5.48 Å². The van der Waals surface area contributed by atoms with Crippen LogP contribution in [-0.2, 0) is 24.2 Å². The number of carboxylic acid groups (broad SMARTS) is 1. The summed E-state index contributed by atoms with van der Waals surface area (Å²) in [6.45, 7) is 8.03. The van der Waals surface area contributed by atoms with Gasteiger partial charge < -0.3 is 9.94 Å². The maximum atomic E-state index is 10.3. The molecule has 0 saturated carbocycles. The van der Waals surface area contributed by atoms with Gasteiger partial charge in [-0.25, -0.2) is 5.48 Å². The van der Waals surface area contributed by atoms with Crippen LogP contribution in [0.5, 0.6) is 0 Å². The van der Waals surface area contributed by atoms with E-state index in [9.17, 15) is 13.2 Å². The number of unbranched alkanes of at least 4 members (excludes halogenated alkanes) is 11. The van der Waals surface area contributed by atoms with Gasteiger partial charge in [-0.3, -0.25) is 13.5 Å². The highest BCUT2D eigenvalue weighted by atomic mass is 32.3. The summed E-state index contributed by atoms with van der Waals surface area (Å²) in [6, 6.07) is 0. The molecular formula is C24H51NO7S. The number of carboxylic acids is 1. The van der Waals surface area contributed by atoms with Crippen LogP contribution in [0.3, 0.4) is 0 Å². The fraction of sp³-hybridized carbons (Fsp3) is 0.875. The molecule has 9 heteroatoms. The summed E-state index contributed by atoms with van der Waals surface area (Å²) in [6.07, 6.45) is 22.4. The van der Waals surface area contributed by atoms with Gasteiger partial charge in [0.2, 0.25) is 0 Å². The minimum absolute atomic E-state index is 0.332. The number of aliphatic carboxylic acids is 1. The molecule has 0 aromatic rings. The van der Waals surface area contributed by atoms with E-state index < -0.39 is 16.4 Å². The van der Waals surface area contributed by atoms with E-state index in [0.717, 1.165) is 39.5 Å². The van der Waals surface area contributed by atoms with Crippen LogP contribution in [0.25, 0.3) is 0 Å². The van der Waals surface area contributed by atoms with Crippen LogP contribution in [0, 0.1) is 0 Å². The molecule has 200 valence electrons. The number of allylic oxidation sites excluding steroid dienone is 2. The van der Waals surface area contributed by atoms with Crippen molar-refractivity contribution in [2.75, 3.05) is 20.3 Å². The SMILES string of the molecule is CCCCCCCC/C=C\CCCCCCCC(=O)O.CCCNOCC.COS(=O)(=O)O. The van der Waals surface area contributed by atoms with Crippen molar-refractivity contribution in [3.05, 3.63) is 12.2 Å². The molecule has 0 amide bonds. The molecule has 0 aromatic heterocycles. The van der Waals surface area contributed by atoms with E-state index >= 15 is 0 Å². The normalized spacial score (nSPS) is 10.9. The summed E-state index contributed by atoms with van der Waals surface area (Å²) in [7, 11) is -3.29. The lowest BCUT2D eigenvalue weighted by atomic mass is 10.1. The van der Waals surface area contributed by atoms with E-state index in [2.05, 4.69) is 35.7 Å². The quantitative estimate of drug-likeness (QED) is 0.0755. The van der Waals surface area contributed by atoms with Crippen molar-refractivity contribution in [2.24, 2.45) is 0 Å². The van der Waals surface area contributed by atoms with Crippen LogP contribution in [0.1, 0.15) is 117 Å². The summed E-state index contributed by atoms with van der Waals surface area (Å²) in [5, 5.41) is 8.51. The second-order valence-corrected chi connectivity index (χ2v) is 8.84. The molecule has 0 fully saturated rings. The molecule has 0 heterocycles. The molecule has 8 nitrogen and oxygen atoms in total. The Morgan fingerprint density at radius 3 is 1.67 bits per heavy atom. The molecule has 0 aliphatic rings. The zero-order valence-corrected chi connectivity index (χ0v) is 22.3. The minimum Gasteiger partial charge on any atom is -0.481 e. The van der Waals surface area contributed by atoms with E-state index in [0.29, 0.717) is 6.42 Å². The number of hydrogen-bond acceptors (Lipinski definition) is 6. The van der Waals surface area contributed by atoms with E-state index in [1.165, 1.54) is 70.6 Å². The van der Waals surface area contributed by atoms with Crippen LogP contribution in [-0.4, -0.2) is 44.3 Å². The average Bonchev–Trinajstić information content (AvgIpc) is 2.77. The second-order valence-electron chi connectivity index (χ2n) is 7.65. The van der Waals surface area contributed by atoms with Gasteiger partial charge >= 0.3 is 16.4 Å². The van der Waals surface area contributed by atoms with E-state index in [-0.39, 0.29) is 0 Å². The van der Waals surface area contributed by atoms with Gasteiger partial charge in [-0.1, -0.05) is 77.4 Å². The van der Waals surface area contributed by atoms with Gasteiger partial charge in [0, 0.05) is 13.0 Å². The molecule has 0 spiro atoms. The second kappa shape index (κ2) is 31.0. The number of hydrogen-bond donors (Lipinski definition) is 3. The lowest BCUT2D eigenvalue weighted by molar-refractivity contribution is -0.137. The molecule has 3 N–H and O–H groups in total. The van der Waals surface area contributed by atoms with Crippen molar-refractivity contribution >= 4 is 16.4 Å². The summed E-state index contributed by atoms with van der Waals surface area (Å²) in [5.74, 6) is -0.664. The Balaban J connectivity index is -0.000000563. The molecule has 0 aromatic carbocycles. The first-order valence-corrected chi connectivity index (χ1v) is 13.9. The Morgan fingerprint density at radius 1 is 0.818 bits per heavy atom. The largest absolute Gasteiger partial charge is 0.481 e. The first-order valence-electron chi connectivity index (χ1n) is 12.5. The summed E-state index contributed by atoms with van der Waals surface area (Å²) >= 11 is 0. The Morgan fingerprint density at radius 2 is 1.27 bits per heavy atom. The van der Waals surface area contributed by atoms with Gasteiger partial charge in [-0.05, 0) is 45.4 Å². The lowest BCUT2D eigenvalue weighted by Crippen LogP contribution is -2.14. The smallest absolute Gasteiger partial charge is 0.397 e. The van der Waals surface area contributed by atoms with Crippen LogP contribution in [0.2, 0.25) is 0 Å². The van der Waals surface area contributed by atoms with Crippen LogP contribution >= 0.6 is 0 Å². The maximum absolute atomic E-state index is 10.3. The summed E-state index contributed by atoms with van der Waals surface area (Å²) < 4.78 is 29.7. The number of nitrogens with one attached hydrogen (secondary N) is 1. The highest BCUT2D eigenvalue weighted by Crippen LogP contribution is 2.09. The maximum Gasteiger partial charge on any atom is 0.397 e. The molecule has 0 unspecified atom stereocenters. The van der Waals surface area contributed by atoms with Crippen molar-refractivity contribution in [2.45, 2.75) is 117 Å². The lowest BCUT2D eigenvalue weighted by Gasteiger charge is -1.99. The molecule has 0 bridgehead atoms. The highest BCUT2D eigenvalue weighted by Gasteiger charge is 1.96. The third kappa shape index (κ3) is 49.3. The van der Waals surface area contributed by atoms with Crippen LogP contribution in [0.4, 0.5) is 0 Å². The molecular weight excluding hydrogens is 446 g/mol. The summed E-state index contributed by atoms with van der Waals surface area (Å²) in [5.41, 5.74) is 2.78. The molecule has 33 heavy (non-hydrogen) atoms. The standard InChI is InChI=1S/C18H34O2.C5H13NO.CH4O4S/c1-2-3-4-5-6-7-8-9-10-11-12-13-14-15-16-17-18(19)20;1-3-5-6-7-4-2;1-5-6(2,3)4/h9-10H,2-8,11-17H2,1H3,(H,19,20);6H,3-5H2,1-2H3;1H3,(H,2,3,4)/b10-9-;;. The van der Waals surface area contributed by atoms with Crippen molar-refractivity contribution < 1.29 is 31.9 Å². The third-order valence-electron chi connectivity index (χ3n) is 4.46. The van der Waals surface area contributed by atoms with Gasteiger partial charge in [-0.2, -0.15) is 8.42 Å². The number of carbonyl (C=O) groups is 1. The van der Waals surface area contributed by atoms with E-state index in [1.807, 2.05) is 6.92 Å². The molecule has 0 saturated heterocycles. The average molecular weight is 498 g/mol. The third-order valence-corrected chi connectivity index (χ3v) is 4.88. The molecule has 0 aliphatic heterocycles. The highest BCUT2D eigenvalue weighted by molar-refractivity contribution is 7.80. The van der Waals surface area contributed by atoms with Gasteiger partial charge in [0.05, 0.1) is 13.7 Å². The minimum atomic E-state index is -4.16. The molecule has 0 radical (unpaired) electrons. The predicted octanol–water partition coefficient (Wildman–Crippen LogP) is 6.48. The van der Waals surface area contributed by atoms with Gasteiger partial charge in [0.1, 0.15) is 0 Å². The van der Waals surface area contributed by atoms with Gasteiger partial charge in [-0.15, -0.1) is 0 Å². The Bertz CT molecular complexity index is 507. The zero-order valence-electron chi connectivity index (χ0n) is 21.5. The van der Waals surface area contributed by atoms with E-state index in [4.69, 9.17) is 14.5 Å². The van der Waals surface area contributed by atoms with Crippen molar-refractivity contribution in [3.63, 3.8) is 0 Å². The monoisotopic (exact) mass is 497 g/mol. The topological polar surface area (TPSA) is 122 Å². The van der Waals surface area contributed by atoms with Crippen molar-refractivity contribution in [1.82, 2.24) is 5.48 Å². The molecule has 0 aliphatic carbocycles. The number of rotatable bonds is 20. The van der Waals surface area contributed by atoms with Crippen LogP contribution in [0.15, 0.2) is 12.2 Å². The molecule has 0 rings (SSSR count). The zero-order chi connectivity index (χ0) is 25.6. The Labute approximate surface area is 203 Å². The summed E-state index contributed by atoms with van der Waals surface area (Å²) in [4.78, 5) is 15.1. The Hall–Kier alpha value is -1.00. The van der Waals surface area contributed by atoms with Crippen molar-refractivity contribution in [3.8, 4) is 0 Å². The van der Waals surface area contributed by atoms with Gasteiger partial charge in [0.25, 0.3) is 0 Å². The van der Waals surface area contributed by atoms with E-state index in [1.54, 1.807) is 0 Å². The fourth-order valence-electron chi connectivity index (χ4n) is 2.62. The van der Waals surface area contributed by atoms with Crippen molar-refractivity contribution in [1.29, 1.82) is 0 Å².